The van der Waals surface area contributed by atoms with E-state index in [0.717, 1.165) is 5.92 Å². The van der Waals surface area contributed by atoms with Gasteiger partial charge in [0.05, 0.1) is 13.6 Å². The Labute approximate surface area is 145 Å². The van der Waals surface area contributed by atoms with E-state index in [0.29, 0.717) is 6.04 Å². The van der Waals surface area contributed by atoms with Gasteiger partial charge in [0.25, 0.3) is 0 Å². The molecule has 0 unspecified atom stereocenters. The highest BCUT2D eigenvalue weighted by Crippen LogP contribution is 2.60. The van der Waals surface area contributed by atoms with Gasteiger partial charge in [-0.3, -0.25) is 0 Å². The van der Waals surface area contributed by atoms with Crippen molar-refractivity contribution in [2.24, 2.45) is 5.92 Å². The minimum absolute atomic E-state index is 0.110. The molecule has 124 valence electrons. The van der Waals surface area contributed by atoms with Crippen molar-refractivity contribution in [3.63, 3.8) is 0 Å². The Morgan fingerprint density at radius 1 is 0.958 bits per heavy atom. The van der Waals surface area contributed by atoms with E-state index in [-0.39, 0.29) is 5.54 Å². The lowest BCUT2D eigenvalue weighted by Gasteiger charge is -2.53. The average Bonchev–Trinajstić information content (AvgIpc) is 3.13. The molecule has 5 rings (SSSR count). The Hall–Kier alpha value is -1.60. The fourth-order valence-corrected chi connectivity index (χ4v) is 6.28. The van der Waals surface area contributed by atoms with Gasteiger partial charge < -0.3 is 4.48 Å². The van der Waals surface area contributed by atoms with Crippen molar-refractivity contribution in [3.05, 3.63) is 70.8 Å². The van der Waals surface area contributed by atoms with Crippen molar-refractivity contribution in [2.75, 3.05) is 13.6 Å². The van der Waals surface area contributed by atoms with Crippen LogP contribution in [0.25, 0.3) is 0 Å². The molecule has 1 nitrogen and oxygen atoms in total. The standard InChI is InChI=1S/C23H28N/c1-23-20-13-7-5-11-18(20)15-22(19-12-6-8-14-21(19)23)24(23,2)16-17-9-3-4-10-17/h5-8,11-14,17,22H,3-4,9-10,15-16H2,1-2H3/q+1/t22-,23+,24+/m0/s1. The first-order chi connectivity index (χ1) is 11.6. The topological polar surface area (TPSA) is 0 Å². The van der Waals surface area contributed by atoms with Gasteiger partial charge in [-0.15, -0.1) is 0 Å². The van der Waals surface area contributed by atoms with Gasteiger partial charge in [0.15, 0.2) is 0 Å². The molecule has 0 spiro atoms. The summed E-state index contributed by atoms with van der Waals surface area (Å²) in [6.45, 7) is 3.86. The Morgan fingerprint density at radius 3 is 2.42 bits per heavy atom. The molecule has 0 amide bonds. The average molecular weight is 318 g/mol. The molecule has 2 aromatic carbocycles. The summed E-state index contributed by atoms with van der Waals surface area (Å²) < 4.78 is 1.19. The minimum Gasteiger partial charge on any atom is -0.307 e. The largest absolute Gasteiger partial charge is 0.307 e. The van der Waals surface area contributed by atoms with Crippen LogP contribution in [0.2, 0.25) is 0 Å². The molecular weight excluding hydrogens is 290 g/mol. The van der Waals surface area contributed by atoms with Crippen LogP contribution in [0.4, 0.5) is 0 Å². The molecule has 0 aromatic heterocycles. The highest BCUT2D eigenvalue weighted by Gasteiger charge is 2.62. The smallest absolute Gasteiger partial charge is 0.149 e. The van der Waals surface area contributed by atoms with Crippen molar-refractivity contribution >= 4 is 0 Å². The molecule has 2 aliphatic heterocycles. The molecule has 0 radical (unpaired) electrons. The zero-order valence-corrected chi connectivity index (χ0v) is 15.0. The highest BCUT2D eigenvalue weighted by molar-refractivity contribution is 5.51. The Morgan fingerprint density at radius 2 is 1.62 bits per heavy atom. The predicted molar refractivity (Wildman–Crippen MR) is 98.8 cm³/mol. The van der Waals surface area contributed by atoms with Crippen molar-refractivity contribution in [1.29, 1.82) is 0 Å². The van der Waals surface area contributed by atoms with Crippen LogP contribution >= 0.6 is 0 Å². The van der Waals surface area contributed by atoms with Gasteiger partial charge in [-0.25, -0.2) is 0 Å². The van der Waals surface area contributed by atoms with Gasteiger partial charge in [-0.05, 0) is 25.3 Å². The zero-order chi connectivity index (χ0) is 16.4. The van der Waals surface area contributed by atoms with Crippen LogP contribution in [-0.2, 0) is 12.0 Å². The third kappa shape index (κ3) is 1.69. The minimum atomic E-state index is 0.110. The molecule has 1 heteroatoms. The van der Waals surface area contributed by atoms with E-state index in [2.05, 4.69) is 62.5 Å². The fraction of sp³-hybridized carbons (Fsp3) is 0.478. The molecule has 0 N–H and O–H groups in total. The van der Waals surface area contributed by atoms with E-state index in [1.165, 1.54) is 43.1 Å². The van der Waals surface area contributed by atoms with Crippen LogP contribution in [0, 0.1) is 5.92 Å². The van der Waals surface area contributed by atoms with Crippen molar-refractivity contribution < 1.29 is 4.48 Å². The maximum Gasteiger partial charge on any atom is 0.149 e. The van der Waals surface area contributed by atoms with E-state index >= 15 is 0 Å². The zero-order valence-electron chi connectivity index (χ0n) is 15.0. The summed E-state index contributed by atoms with van der Waals surface area (Å²) in [6.07, 6.45) is 6.96. The number of hydrogen-bond donors (Lipinski definition) is 0. The van der Waals surface area contributed by atoms with Crippen molar-refractivity contribution in [3.8, 4) is 0 Å². The third-order valence-corrected chi connectivity index (χ3v) is 7.62. The normalized spacial score (nSPS) is 34.2. The first kappa shape index (κ1) is 14.7. The summed E-state index contributed by atoms with van der Waals surface area (Å²) in [5, 5.41) is 0. The monoisotopic (exact) mass is 318 g/mol. The molecule has 1 saturated carbocycles. The van der Waals surface area contributed by atoms with Gasteiger partial charge in [0, 0.05) is 29.0 Å². The van der Waals surface area contributed by atoms with Gasteiger partial charge >= 0.3 is 0 Å². The Kier molecular flexibility index (Phi) is 3.04. The van der Waals surface area contributed by atoms with Crippen LogP contribution in [0.1, 0.15) is 60.9 Å². The highest BCUT2D eigenvalue weighted by atomic mass is 15.4. The molecule has 3 aliphatic rings. The van der Waals surface area contributed by atoms with Crippen LogP contribution in [0.15, 0.2) is 48.5 Å². The van der Waals surface area contributed by atoms with E-state index in [1.54, 1.807) is 22.3 Å². The molecule has 2 aromatic rings. The molecular formula is C23H28N+. The van der Waals surface area contributed by atoms with Crippen LogP contribution in [0.3, 0.4) is 0 Å². The Bertz CT molecular complexity index is 775. The summed E-state index contributed by atoms with van der Waals surface area (Å²) in [5.74, 6) is 0.913. The summed E-state index contributed by atoms with van der Waals surface area (Å²) >= 11 is 0. The number of fused-ring (bicyclic) bond motifs is 7. The molecule has 24 heavy (non-hydrogen) atoms. The molecule has 1 aliphatic carbocycles. The quantitative estimate of drug-likeness (QED) is 0.668. The number of nitrogens with zero attached hydrogens (tertiary/aromatic N) is 1. The summed E-state index contributed by atoms with van der Waals surface area (Å²) in [5.41, 5.74) is 6.45. The van der Waals surface area contributed by atoms with Gasteiger partial charge in [-0.2, -0.15) is 0 Å². The molecule has 0 saturated heterocycles. The second-order valence-corrected chi connectivity index (χ2v) is 8.64. The SMILES string of the molecule is C[C@@]12c3ccccc3C[C@@H](c3ccccc31)[N@@+]2(C)CC1CCCC1. The van der Waals surface area contributed by atoms with E-state index in [1.807, 2.05) is 0 Å². The van der Waals surface area contributed by atoms with Gasteiger partial charge in [0.1, 0.15) is 11.6 Å². The van der Waals surface area contributed by atoms with E-state index in [4.69, 9.17) is 0 Å². The van der Waals surface area contributed by atoms with E-state index in [9.17, 15) is 0 Å². The first-order valence-corrected chi connectivity index (χ1v) is 9.68. The predicted octanol–water partition coefficient (Wildman–Crippen LogP) is 5.20. The third-order valence-electron chi connectivity index (χ3n) is 7.62. The summed E-state index contributed by atoms with van der Waals surface area (Å²) in [6, 6.07) is 19.2. The lowest BCUT2D eigenvalue weighted by molar-refractivity contribution is -0.984. The lowest BCUT2D eigenvalue weighted by Crippen LogP contribution is -2.60. The molecule has 3 atom stereocenters. The number of hydrogen-bond acceptors (Lipinski definition) is 0. The van der Waals surface area contributed by atoms with Gasteiger partial charge in [-0.1, -0.05) is 61.4 Å². The van der Waals surface area contributed by atoms with Crippen molar-refractivity contribution in [2.45, 2.75) is 50.6 Å². The maximum atomic E-state index is 2.55. The number of quaternary nitrogens is 1. The second kappa shape index (κ2) is 4.95. The molecule has 1 fully saturated rings. The first-order valence-electron chi connectivity index (χ1n) is 9.68. The molecule has 2 heterocycles. The van der Waals surface area contributed by atoms with E-state index < -0.39 is 0 Å². The number of benzene rings is 2. The van der Waals surface area contributed by atoms with Crippen molar-refractivity contribution in [1.82, 2.24) is 0 Å². The summed E-state index contributed by atoms with van der Waals surface area (Å²) in [4.78, 5) is 0. The second-order valence-electron chi connectivity index (χ2n) is 8.64. The van der Waals surface area contributed by atoms with Crippen LogP contribution in [0.5, 0.6) is 0 Å². The maximum absolute atomic E-state index is 2.55. The summed E-state index contributed by atoms with van der Waals surface area (Å²) in [7, 11) is 2.55. The van der Waals surface area contributed by atoms with Crippen LogP contribution < -0.4 is 0 Å². The fourth-order valence-electron chi connectivity index (χ4n) is 6.28. The lowest BCUT2D eigenvalue weighted by atomic mass is 9.78. The van der Waals surface area contributed by atoms with Gasteiger partial charge in [0.2, 0.25) is 0 Å². The molecule has 2 bridgehead atoms. The Balaban J connectivity index is 1.73. The number of rotatable bonds is 2. The van der Waals surface area contributed by atoms with Crippen LogP contribution in [-0.4, -0.2) is 18.1 Å². The number of likely N-dealkylation sites (N-methyl/N-ethyl adjacent to an activating group) is 1.